The molecule has 1 unspecified atom stereocenters. The van der Waals surface area contributed by atoms with Gasteiger partial charge in [0.15, 0.2) is 0 Å². The summed E-state index contributed by atoms with van der Waals surface area (Å²) in [5.74, 6) is 1.53. The molecule has 26 heavy (non-hydrogen) atoms. The molecule has 0 aliphatic carbocycles. The second kappa shape index (κ2) is 7.39. The molecule has 1 aliphatic rings. The van der Waals surface area contributed by atoms with Crippen molar-refractivity contribution in [1.29, 1.82) is 0 Å². The molecule has 0 bridgehead atoms. The van der Waals surface area contributed by atoms with Crippen LogP contribution in [0.3, 0.4) is 0 Å². The fourth-order valence-corrected chi connectivity index (χ4v) is 3.48. The second-order valence-corrected chi connectivity index (χ2v) is 6.71. The highest BCUT2D eigenvalue weighted by Gasteiger charge is 2.23. The molecule has 0 saturated carbocycles. The van der Waals surface area contributed by atoms with Crippen molar-refractivity contribution in [3.8, 4) is 0 Å². The summed E-state index contributed by atoms with van der Waals surface area (Å²) in [6, 6.07) is 11.0. The SMILES string of the molecule is Cc1cccc(C(CNc2cc(C)nc3ncnn23)N2CCOCC2)c1. The van der Waals surface area contributed by atoms with Gasteiger partial charge in [-0.05, 0) is 19.4 Å². The molecule has 3 aromatic rings. The number of morpholine rings is 1. The van der Waals surface area contributed by atoms with Crippen molar-refractivity contribution < 1.29 is 4.74 Å². The zero-order valence-corrected chi connectivity index (χ0v) is 15.2. The van der Waals surface area contributed by atoms with Crippen LogP contribution < -0.4 is 5.32 Å². The van der Waals surface area contributed by atoms with Gasteiger partial charge in [-0.2, -0.15) is 14.6 Å². The molecular weight excluding hydrogens is 328 g/mol. The highest BCUT2D eigenvalue weighted by Crippen LogP contribution is 2.24. The Morgan fingerprint density at radius 1 is 1.19 bits per heavy atom. The van der Waals surface area contributed by atoms with E-state index in [4.69, 9.17) is 4.74 Å². The van der Waals surface area contributed by atoms with Crippen LogP contribution in [0.2, 0.25) is 0 Å². The van der Waals surface area contributed by atoms with E-state index in [2.05, 4.69) is 56.5 Å². The number of benzene rings is 1. The summed E-state index contributed by atoms with van der Waals surface area (Å²) in [7, 11) is 0. The number of nitrogens with zero attached hydrogens (tertiary/aromatic N) is 5. The number of aromatic nitrogens is 4. The molecule has 0 radical (unpaired) electrons. The molecule has 136 valence electrons. The van der Waals surface area contributed by atoms with Crippen LogP contribution in [-0.4, -0.2) is 57.3 Å². The quantitative estimate of drug-likeness (QED) is 0.759. The van der Waals surface area contributed by atoms with Crippen LogP contribution >= 0.6 is 0 Å². The summed E-state index contributed by atoms with van der Waals surface area (Å²) in [4.78, 5) is 11.1. The molecule has 1 saturated heterocycles. The molecule has 1 aliphatic heterocycles. The third kappa shape index (κ3) is 3.54. The number of hydrogen-bond acceptors (Lipinski definition) is 6. The van der Waals surface area contributed by atoms with E-state index in [9.17, 15) is 0 Å². The van der Waals surface area contributed by atoms with Crippen LogP contribution in [0.25, 0.3) is 5.78 Å². The molecule has 3 heterocycles. The van der Waals surface area contributed by atoms with E-state index in [1.54, 1.807) is 4.52 Å². The molecular formula is C19H24N6O. The van der Waals surface area contributed by atoms with Gasteiger partial charge in [0, 0.05) is 31.4 Å². The van der Waals surface area contributed by atoms with Crippen LogP contribution in [-0.2, 0) is 4.74 Å². The van der Waals surface area contributed by atoms with Crippen LogP contribution in [0.15, 0.2) is 36.7 Å². The van der Waals surface area contributed by atoms with Crippen molar-refractivity contribution in [3.05, 3.63) is 53.5 Å². The van der Waals surface area contributed by atoms with Gasteiger partial charge in [0.2, 0.25) is 0 Å². The first-order valence-corrected chi connectivity index (χ1v) is 9.00. The van der Waals surface area contributed by atoms with E-state index in [-0.39, 0.29) is 6.04 Å². The number of rotatable bonds is 5. The Morgan fingerprint density at radius 2 is 2.04 bits per heavy atom. The van der Waals surface area contributed by atoms with Crippen molar-refractivity contribution in [2.75, 3.05) is 38.2 Å². The molecule has 7 heteroatoms. The first-order valence-electron chi connectivity index (χ1n) is 9.00. The summed E-state index contributed by atoms with van der Waals surface area (Å²) < 4.78 is 7.29. The molecule has 1 N–H and O–H groups in total. The smallest absolute Gasteiger partial charge is 0.254 e. The maximum absolute atomic E-state index is 5.54. The first-order chi connectivity index (χ1) is 12.7. The van der Waals surface area contributed by atoms with E-state index in [1.807, 2.05) is 13.0 Å². The predicted octanol–water partition coefficient (Wildman–Crippen LogP) is 2.23. The zero-order valence-electron chi connectivity index (χ0n) is 15.2. The largest absolute Gasteiger partial charge is 0.379 e. The standard InChI is InChI=1S/C19H24N6O/c1-14-4-3-5-16(10-14)17(24-6-8-26-9-7-24)12-20-18-11-15(2)23-19-21-13-22-25(18)19/h3-5,10-11,13,17,20H,6-9,12H2,1-2H3. The third-order valence-corrected chi connectivity index (χ3v) is 4.77. The monoisotopic (exact) mass is 352 g/mol. The summed E-state index contributed by atoms with van der Waals surface area (Å²) in [6.07, 6.45) is 1.53. The Labute approximate surface area is 153 Å². The Hall–Kier alpha value is -2.51. The van der Waals surface area contributed by atoms with Gasteiger partial charge in [0.25, 0.3) is 5.78 Å². The highest BCUT2D eigenvalue weighted by atomic mass is 16.5. The van der Waals surface area contributed by atoms with Crippen molar-refractivity contribution in [3.63, 3.8) is 0 Å². The number of fused-ring (bicyclic) bond motifs is 1. The van der Waals surface area contributed by atoms with Gasteiger partial charge in [0.1, 0.15) is 12.1 Å². The van der Waals surface area contributed by atoms with Gasteiger partial charge < -0.3 is 10.1 Å². The Morgan fingerprint density at radius 3 is 2.85 bits per heavy atom. The predicted molar refractivity (Wildman–Crippen MR) is 100 cm³/mol. The van der Waals surface area contributed by atoms with Gasteiger partial charge in [-0.3, -0.25) is 4.90 Å². The summed E-state index contributed by atoms with van der Waals surface area (Å²) in [5.41, 5.74) is 3.52. The minimum Gasteiger partial charge on any atom is -0.379 e. The Kier molecular flexibility index (Phi) is 4.81. The normalized spacial score (nSPS) is 16.7. The van der Waals surface area contributed by atoms with E-state index in [0.717, 1.165) is 44.4 Å². The Balaban J connectivity index is 1.60. The zero-order chi connectivity index (χ0) is 17.9. The number of aryl methyl sites for hydroxylation is 2. The van der Waals surface area contributed by atoms with E-state index in [1.165, 1.54) is 17.5 Å². The number of ether oxygens (including phenoxy) is 1. The summed E-state index contributed by atoms with van der Waals surface area (Å²) in [6.45, 7) is 8.33. The van der Waals surface area contributed by atoms with Crippen molar-refractivity contribution in [1.82, 2.24) is 24.5 Å². The van der Waals surface area contributed by atoms with Gasteiger partial charge in [-0.25, -0.2) is 4.98 Å². The van der Waals surface area contributed by atoms with Crippen molar-refractivity contribution in [2.24, 2.45) is 0 Å². The molecule has 1 atom stereocenters. The number of anilines is 1. The third-order valence-electron chi connectivity index (χ3n) is 4.77. The van der Waals surface area contributed by atoms with Gasteiger partial charge in [0.05, 0.1) is 19.3 Å². The maximum atomic E-state index is 5.54. The van der Waals surface area contributed by atoms with E-state index in [0.29, 0.717) is 5.78 Å². The first kappa shape index (κ1) is 16.9. The average Bonchev–Trinajstić information content (AvgIpc) is 3.11. The lowest BCUT2D eigenvalue weighted by atomic mass is 10.0. The minimum atomic E-state index is 0.269. The van der Waals surface area contributed by atoms with Crippen LogP contribution in [0.5, 0.6) is 0 Å². The van der Waals surface area contributed by atoms with Crippen LogP contribution in [0.4, 0.5) is 5.82 Å². The summed E-state index contributed by atoms with van der Waals surface area (Å²) >= 11 is 0. The van der Waals surface area contributed by atoms with E-state index >= 15 is 0 Å². The number of hydrogen-bond donors (Lipinski definition) is 1. The molecule has 4 rings (SSSR count). The fourth-order valence-electron chi connectivity index (χ4n) is 3.48. The maximum Gasteiger partial charge on any atom is 0.254 e. The van der Waals surface area contributed by atoms with Gasteiger partial charge in [-0.15, -0.1) is 0 Å². The summed E-state index contributed by atoms with van der Waals surface area (Å²) in [5, 5.41) is 7.85. The molecule has 7 nitrogen and oxygen atoms in total. The van der Waals surface area contributed by atoms with Crippen molar-refractivity contribution in [2.45, 2.75) is 19.9 Å². The Bertz CT molecular complexity index is 887. The van der Waals surface area contributed by atoms with Crippen LogP contribution in [0, 0.1) is 13.8 Å². The average molecular weight is 352 g/mol. The molecule has 1 fully saturated rings. The van der Waals surface area contributed by atoms with Gasteiger partial charge >= 0.3 is 0 Å². The molecule has 1 aromatic carbocycles. The highest BCUT2D eigenvalue weighted by molar-refractivity contribution is 5.45. The minimum absolute atomic E-state index is 0.269. The lowest BCUT2D eigenvalue weighted by molar-refractivity contribution is 0.0187. The van der Waals surface area contributed by atoms with Crippen molar-refractivity contribution >= 4 is 11.6 Å². The second-order valence-electron chi connectivity index (χ2n) is 6.71. The van der Waals surface area contributed by atoms with Crippen LogP contribution in [0.1, 0.15) is 22.9 Å². The lowest BCUT2D eigenvalue weighted by Crippen LogP contribution is -2.41. The number of nitrogens with one attached hydrogen (secondary N) is 1. The lowest BCUT2D eigenvalue weighted by Gasteiger charge is -2.35. The van der Waals surface area contributed by atoms with E-state index < -0.39 is 0 Å². The fraction of sp³-hybridized carbons (Fsp3) is 0.421. The topological polar surface area (TPSA) is 67.6 Å². The molecule has 0 amide bonds. The van der Waals surface area contributed by atoms with Gasteiger partial charge in [-0.1, -0.05) is 29.8 Å². The molecule has 2 aromatic heterocycles. The molecule has 0 spiro atoms.